The summed E-state index contributed by atoms with van der Waals surface area (Å²) in [6.45, 7) is 6.36. The Morgan fingerprint density at radius 3 is 2.65 bits per heavy atom. The monoisotopic (exact) mass is 228 g/mol. The smallest absolute Gasteiger partial charge is 0.128 e. The molecule has 17 heavy (non-hydrogen) atoms. The predicted molar refractivity (Wildman–Crippen MR) is 65.8 cm³/mol. The minimum absolute atomic E-state index is 0.676. The van der Waals surface area contributed by atoms with Gasteiger partial charge in [-0.25, -0.2) is 4.98 Å². The van der Waals surface area contributed by atoms with Crippen LogP contribution in [0.5, 0.6) is 0 Å². The molecular formula is C13H16N4. The van der Waals surface area contributed by atoms with E-state index in [1.165, 1.54) is 0 Å². The van der Waals surface area contributed by atoms with Crippen LogP contribution in [-0.4, -0.2) is 31.2 Å². The molecule has 2 aliphatic heterocycles. The van der Waals surface area contributed by atoms with Gasteiger partial charge in [0.05, 0.1) is 11.3 Å². The number of anilines is 1. The van der Waals surface area contributed by atoms with Gasteiger partial charge in [0.15, 0.2) is 0 Å². The van der Waals surface area contributed by atoms with E-state index in [0.29, 0.717) is 5.56 Å². The van der Waals surface area contributed by atoms with Crippen LogP contribution in [-0.2, 0) is 0 Å². The summed E-state index contributed by atoms with van der Waals surface area (Å²) >= 11 is 0. The van der Waals surface area contributed by atoms with E-state index in [9.17, 15) is 0 Å². The number of fused-ring (bicyclic) bond motifs is 1. The van der Waals surface area contributed by atoms with Gasteiger partial charge in [0.2, 0.25) is 0 Å². The number of rotatable bonds is 1. The van der Waals surface area contributed by atoms with Crippen LogP contribution in [0.1, 0.15) is 11.3 Å². The molecule has 0 radical (unpaired) electrons. The van der Waals surface area contributed by atoms with Gasteiger partial charge in [0, 0.05) is 26.2 Å². The Hall–Kier alpha value is -1.60. The van der Waals surface area contributed by atoms with Crippen molar-refractivity contribution >= 4 is 5.82 Å². The first-order valence-corrected chi connectivity index (χ1v) is 6.11. The molecular weight excluding hydrogens is 212 g/mol. The SMILES string of the molecule is Cc1nc(N2C[C@H]3CNC[C@H]3C2)ccc1C#N. The molecule has 2 saturated heterocycles. The highest BCUT2D eigenvalue weighted by Crippen LogP contribution is 2.29. The lowest BCUT2D eigenvalue weighted by Gasteiger charge is -2.19. The molecule has 4 heteroatoms. The zero-order chi connectivity index (χ0) is 11.8. The van der Waals surface area contributed by atoms with Gasteiger partial charge in [-0.3, -0.25) is 0 Å². The molecule has 0 aromatic carbocycles. The summed E-state index contributed by atoms with van der Waals surface area (Å²) in [6.07, 6.45) is 0. The normalized spacial score (nSPS) is 26.9. The third-order valence-corrected chi connectivity index (χ3v) is 3.91. The van der Waals surface area contributed by atoms with E-state index in [4.69, 9.17) is 5.26 Å². The Kier molecular flexibility index (Phi) is 2.49. The van der Waals surface area contributed by atoms with Crippen LogP contribution < -0.4 is 10.2 Å². The number of hydrogen-bond donors (Lipinski definition) is 1. The number of nitriles is 1. The molecule has 0 spiro atoms. The quantitative estimate of drug-likeness (QED) is 0.776. The zero-order valence-electron chi connectivity index (χ0n) is 9.98. The molecule has 4 nitrogen and oxygen atoms in total. The highest BCUT2D eigenvalue weighted by molar-refractivity contribution is 5.46. The summed E-state index contributed by atoms with van der Waals surface area (Å²) in [5.41, 5.74) is 1.51. The molecule has 0 saturated carbocycles. The topological polar surface area (TPSA) is 52.0 Å². The highest BCUT2D eigenvalue weighted by Gasteiger charge is 2.36. The third-order valence-electron chi connectivity index (χ3n) is 3.91. The van der Waals surface area contributed by atoms with E-state index < -0.39 is 0 Å². The van der Waals surface area contributed by atoms with E-state index in [-0.39, 0.29) is 0 Å². The lowest BCUT2D eigenvalue weighted by Crippen LogP contribution is -2.26. The maximum Gasteiger partial charge on any atom is 0.128 e. The average molecular weight is 228 g/mol. The van der Waals surface area contributed by atoms with Crippen molar-refractivity contribution in [2.75, 3.05) is 31.1 Å². The minimum atomic E-state index is 0.676. The van der Waals surface area contributed by atoms with E-state index in [0.717, 1.165) is 49.5 Å². The number of hydrogen-bond acceptors (Lipinski definition) is 4. The molecule has 0 aliphatic carbocycles. The highest BCUT2D eigenvalue weighted by atomic mass is 15.2. The van der Waals surface area contributed by atoms with Gasteiger partial charge in [-0.2, -0.15) is 5.26 Å². The van der Waals surface area contributed by atoms with Crippen molar-refractivity contribution in [1.29, 1.82) is 5.26 Å². The molecule has 0 amide bonds. The van der Waals surface area contributed by atoms with Crippen molar-refractivity contribution in [2.45, 2.75) is 6.92 Å². The van der Waals surface area contributed by atoms with Crippen molar-refractivity contribution in [3.05, 3.63) is 23.4 Å². The van der Waals surface area contributed by atoms with Crippen molar-refractivity contribution < 1.29 is 0 Å². The molecule has 2 atom stereocenters. The maximum atomic E-state index is 8.89. The van der Waals surface area contributed by atoms with Gasteiger partial charge in [-0.05, 0) is 30.9 Å². The summed E-state index contributed by atoms with van der Waals surface area (Å²) in [4.78, 5) is 6.89. The van der Waals surface area contributed by atoms with Gasteiger partial charge in [-0.1, -0.05) is 0 Å². The molecule has 0 unspecified atom stereocenters. The summed E-state index contributed by atoms with van der Waals surface area (Å²) in [7, 11) is 0. The molecule has 2 aliphatic rings. The van der Waals surface area contributed by atoms with E-state index in [2.05, 4.69) is 21.3 Å². The maximum absolute atomic E-state index is 8.89. The number of aryl methyl sites for hydroxylation is 1. The number of nitrogens with zero attached hydrogens (tertiary/aromatic N) is 3. The van der Waals surface area contributed by atoms with Gasteiger partial charge in [0.1, 0.15) is 11.9 Å². The van der Waals surface area contributed by atoms with E-state index >= 15 is 0 Å². The second kappa shape index (κ2) is 4.01. The Labute approximate surface area is 101 Å². The second-order valence-corrected chi connectivity index (χ2v) is 5.00. The van der Waals surface area contributed by atoms with Crippen LogP contribution in [0.2, 0.25) is 0 Å². The van der Waals surface area contributed by atoms with Crippen LogP contribution in [0.25, 0.3) is 0 Å². The Morgan fingerprint density at radius 2 is 2.06 bits per heavy atom. The Balaban J connectivity index is 1.82. The second-order valence-electron chi connectivity index (χ2n) is 5.00. The van der Waals surface area contributed by atoms with Crippen LogP contribution in [0.15, 0.2) is 12.1 Å². The minimum Gasteiger partial charge on any atom is -0.356 e. The van der Waals surface area contributed by atoms with Crippen LogP contribution in [0, 0.1) is 30.1 Å². The molecule has 1 aromatic heterocycles. The average Bonchev–Trinajstić information content (AvgIpc) is 2.88. The van der Waals surface area contributed by atoms with Gasteiger partial charge in [-0.15, -0.1) is 0 Å². The molecule has 2 fully saturated rings. The van der Waals surface area contributed by atoms with Gasteiger partial charge in [0.25, 0.3) is 0 Å². The zero-order valence-corrected chi connectivity index (χ0v) is 9.98. The first-order valence-electron chi connectivity index (χ1n) is 6.11. The van der Waals surface area contributed by atoms with Crippen LogP contribution in [0.4, 0.5) is 5.82 Å². The first-order chi connectivity index (χ1) is 8.28. The molecule has 0 bridgehead atoms. The summed E-state index contributed by atoms with van der Waals surface area (Å²) < 4.78 is 0. The number of aromatic nitrogens is 1. The molecule has 3 heterocycles. The standard InChI is InChI=1S/C13H16N4/c1-9-10(4-14)2-3-13(16-9)17-7-11-5-15-6-12(11)8-17/h2-3,11-12,15H,5-8H2,1H3/t11-,12+. The van der Waals surface area contributed by atoms with Crippen molar-refractivity contribution in [2.24, 2.45) is 11.8 Å². The molecule has 88 valence electrons. The third kappa shape index (κ3) is 1.77. The van der Waals surface area contributed by atoms with Crippen LogP contribution in [0.3, 0.4) is 0 Å². The van der Waals surface area contributed by atoms with E-state index in [1.54, 1.807) is 0 Å². The predicted octanol–water partition coefficient (Wildman–Crippen LogP) is 0.917. The lowest BCUT2D eigenvalue weighted by atomic mass is 10.0. The summed E-state index contributed by atoms with van der Waals surface area (Å²) in [5.74, 6) is 2.57. The fourth-order valence-electron chi connectivity index (χ4n) is 2.88. The van der Waals surface area contributed by atoms with Crippen molar-refractivity contribution in [3.8, 4) is 6.07 Å². The Bertz CT molecular complexity index is 465. The van der Waals surface area contributed by atoms with Gasteiger partial charge < -0.3 is 10.2 Å². The van der Waals surface area contributed by atoms with Crippen molar-refractivity contribution in [3.63, 3.8) is 0 Å². The molecule has 1 N–H and O–H groups in total. The summed E-state index contributed by atoms with van der Waals surface area (Å²) in [6, 6.07) is 6.01. The Morgan fingerprint density at radius 1 is 1.35 bits per heavy atom. The van der Waals surface area contributed by atoms with Crippen molar-refractivity contribution in [1.82, 2.24) is 10.3 Å². The molecule has 1 aromatic rings. The first kappa shape index (κ1) is 10.5. The summed E-state index contributed by atoms with van der Waals surface area (Å²) in [5, 5.41) is 12.3. The fraction of sp³-hybridized carbons (Fsp3) is 0.538. The van der Waals surface area contributed by atoms with E-state index in [1.807, 2.05) is 19.1 Å². The van der Waals surface area contributed by atoms with Crippen LogP contribution >= 0.6 is 0 Å². The largest absolute Gasteiger partial charge is 0.356 e. The van der Waals surface area contributed by atoms with Gasteiger partial charge >= 0.3 is 0 Å². The molecule has 3 rings (SSSR count). The number of pyridine rings is 1. The lowest BCUT2D eigenvalue weighted by molar-refractivity contribution is 0.533. The number of nitrogens with one attached hydrogen (secondary N) is 1. The fourth-order valence-corrected chi connectivity index (χ4v) is 2.88.